The topological polar surface area (TPSA) is 72.2 Å². The zero-order valence-corrected chi connectivity index (χ0v) is 16.4. The summed E-state index contributed by atoms with van der Waals surface area (Å²) in [6.07, 6.45) is 0. The van der Waals surface area contributed by atoms with Crippen LogP contribution in [0.5, 0.6) is 5.75 Å². The first-order chi connectivity index (χ1) is 14.9. The number of hydrazine groups is 1. The molecule has 5 rings (SSSR count). The van der Waals surface area contributed by atoms with Gasteiger partial charge in [0.1, 0.15) is 12.4 Å². The number of hydrogen-bond donors (Lipinski definition) is 2. The van der Waals surface area contributed by atoms with Crippen LogP contribution in [-0.4, -0.2) is 16.7 Å². The molecule has 6 nitrogen and oxygen atoms in total. The summed E-state index contributed by atoms with van der Waals surface area (Å²) < 4.78 is 11.5. The van der Waals surface area contributed by atoms with E-state index in [0.29, 0.717) is 18.3 Å². The average Bonchev–Trinajstić information content (AvgIpc) is 3.49. The number of ether oxygens (including phenoxy) is 1. The van der Waals surface area contributed by atoms with Crippen molar-refractivity contribution in [1.29, 1.82) is 0 Å². The standard InChI is InChI=1S/C24H22N4O2/c1-3-7-17(8-4-1)16-29-20-13-11-19(12-14-20)23-26-24(30-28-23)21-15-25-27-22(21)18-9-5-2-6-10-18/h1-14,21-22,25,27H,15-16H2. The predicted octanol–water partition coefficient (Wildman–Crippen LogP) is 4.25. The van der Waals surface area contributed by atoms with Crippen molar-refractivity contribution >= 4 is 0 Å². The molecule has 0 spiro atoms. The molecule has 4 aromatic rings. The van der Waals surface area contributed by atoms with Gasteiger partial charge in [-0.3, -0.25) is 5.43 Å². The predicted molar refractivity (Wildman–Crippen MR) is 114 cm³/mol. The second-order valence-corrected chi connectivity index (χ2v) is 7.27. The Balaban J connectivity index is 1.28. The molecule has 1 saturated heterocycles. The molecule has 30 heavy (non-hydrogen) atoms. The SMILES string of the molecule is c1ccc(COc2ccc(-c3noc(C4CNNC4c4ccccc4)n3)cc2)cc1. The zero-order chi connectivity index (χ0) is 20.2. The summed E-state index contributed by atoms with van der Waals surface area (Å²) in [4.78, 5) is 4.66. The largest absolute Gasteiger partial charge is 0.489 e. The Morgan fingerprint density at radius 3 is 2.40 bits per heavy atom. The van der Waals surface area contributed by atoms with Crippen molar-refractivity contribution in [2.45, 2.75) is 18.6 Å². The van der Waals surface area contributed by atoms with Crippen molar-refractivity contribution in [2.24, 2.45) is 0 Å². The van der Waals surface area contributed by atoms with Crippen LogP contribution in [0, 0.1) is 0 Å². The molecule has 3 aromatic carbocycles. The Morgan fingerprint density at radius 1 is 0.900 bits per heavy atom. The van der Waals surface area contributed by atoms with Crippen molar-refractivity contribution < 1.29 is 9.26 Å². The maximum Gasteiger partial charge on any atom is 0.233 e. The maximum atomic E-state index is 5.85. The van der Waals surface area contributed by atoms with E-state index in [1.807, 2.05) is 72.8 Å². The Kier molecular flexibility index (Phi) is 5.25. The smallest absolute Gasteiger partial charge is 0.233 e. The van der Waals surface area contributed by atoms with Gasteiger partial charge in [-0.05, 0) is 35.4 Å². The van der Waals surface area contributed by atoms with Gasteiger partial charge in [0, 0.05) is 12.1 Å². The minimum Gasteiger partial charge on any atom is -0.489 e. The molecule has 0 radical (unpaired) electrons. The number of nitrogens with zero attached hydrogens (tertiary/aromatic N) is 2. The Bertz CT molecular complexity index is 1080. The first-order valence-electron chi connectivity index (χ1n) is 10.0. The van der Waals surface area contributed by atoms with Crippen molar-refractivity contribution in [2.75, 3.05) is 6.54 Å². The van der Waals surface area contributed by atoms with Crippen LogP contribution in [-0.2, 0) is 6.61 Å². The summed E-state index contributed by atoms with van der Waals surface area (Å²) in [5.74, 6) is 2.08. The van der Waals surface area contributed by atoms with Crippen molar-refractivity contribution in [3.8, 4) is 17.1 Å². The molecule has 0 amide bonds. The fourth-order valence-electron chi connectivity index (χ4n) is 3.65. The lowest BCUT2D eigenvalue weighted by Gasteiger charge is -2.15. The lowest BCUT2D eigenvalue weighted by molar-refractivity contribution is 0.306. The van der Waals surface area contributed by atoms with Crippen molar-refractivity contribution in [3.63, 3.8) is 0 Å². The highest BCUT2D eigenvalue weighted by atomic mass is 16.5. The van der Waals surface area contributed by atoms with E-state index in [2.05, 4.69) is 33.1 Å². The second-order valence-electron chi connectivity index (χ2n) is 7.27. The third kappa shape index (κ3) is 3.96. The molecule has 6 heteroatoms. The van der Waals surface area contributed by atoms with Crippen LogP contribution in [0.2, 0.25) is 0 Å². The van der Waals surface area contributed by atoms with Crippen LogP contribution >= 0.6 is 0 Å². The van der Waals surface area contributed by atoms with Gasteiger partial charge in [0.25, 0.3) is 0 Å². The van der Waals surface area contributed by atoms with E-state index in [1.54, 1.807) is 0 Å². The van der Waals surface area contributed by atoms with E-state index in [-0.39, 0.29) is 12.0 Å². The Labute approximate surface area is 174 Å². The van der Waals surface area contributed by atoms with Gasteiger partial charge in [-0.1, -0.05) is 65.8 Å². The van der Waals surface area contributed by atoms with Gasteiger partial charge in [0.2, 0.25) is 11.7 Å². The molecule has 0 aliphatic carbocycles. The van der Waals surface area contributed by atoms with E-state index >= 15 is 0 Å². The minimum absolute atomic E-state index is 0.0714. The fraction of sp³-hybridized carbons (Fsp3) is 0.167. The van der Waals surface area contributed by atoms with Gasteiger partial charge >= 0.3 is 0 Å². The summed E-state index contributed by atoms with van der Waals surface area (Å²) in [7, 11) is 0. The normalized spacial score (nSPS) is 18.4. The quantitative estimate of drug-likeness (QED) is 0.506. The van der Waals surface area contributed by atoms with Crippen LogP contribution in [0.3, 0.4) is 0 Å². The molecular weight excluding hydrogens is 376 g/mol. The highest BCUT2D eigenvalue weighted by Gasteiger charge is 2.33. The van der Waals surface area contributed by atoms with Gasteiger partial charge in [-0.15, -0.1) is 0 Å². The number of hydrogen-bond acceptors (Lipinski definition) is 6. The molecule has 0 bridgehead atoms. The van der Waals surface area contributed by atoms with Gasteiger partial charge in [0.15, 0.2) is 0 Å². The Morgan fingerprint density at radius 2 is 1.63 bits per heavy atom. The molecule has 2 unspecified atom stereocenters. The summed E-state index contributed by atoms with van der Waals surface area (Å²) in [6, 6.07) is 28.2. The molecule has 1 aromatic heterocycles. The molecule has 2 N–H and O–H groups in total. The van der Waals surface area contributed by atoms with Crippen LogP contribution < -0.4 is 15.6 Å². The highest BCUT2D eigenvalue weighted by molar-refractivity contribution is 5.55. The number of rotatable bonds is 6. The number of benzene rings is 3. The Hall–Kier alpha value is -3.48. The number of aromatic nitrogens is 2. The second kappa shape index (κ2) is 8.49. The minimum atomic E-state index is 0.0714. The maximum absolute atomic E-state index is 5.85. The van der Waals surface area contributed by atoms with Crippen molar-refractivity contribution in [1.82, 2.24) is 21.0 Å². The van der Waals surface area contributed by atoms with E-state index in [1.165, 1.54) is 5.56 Å². The average molecular weight is 398 g/mol. The monoisotopic (exact) mass is 398 g/mol. The molecule has 150 valence electrons. The number of nitrogens with one attached hydrogen (secondary N) is 2. The summed E-state index contributed by atoms with van der Waals surface area (Å²) in [6.45, 7) is 1.27. The van der Waals surface area contributed by atoms with Crippen molar-refractivity contribution in [3.05, 3.63) is 102 Å². The van der Waals surface area contributed by atoms with E-state index < -0.39 is 0 Å². The molecule has 2 atom stereocenters. The van der Waals surface area contributed by atoms with E-state index in [0.717, 1.165) is 23.4 Å². The molecule has 1 aliphatic heterocycles. The third-order valence-corrected chi connectivity index (χ3v) is 5.26. The van der Waals surface area contributed by atoms with Gasteiger partial charge in [-0.25, -0.2) is 5.43 Å². The van der Waals surface area contributed by atoms with E-state index in [4.69, 9.17) is 9.26 Å². The van der Waals surface area contributed by atoms with Crippen LogP contribution in [0.4, 0.5) is 0 Å². The fourth-order valence-corrected chi connectivity index (χ4v) is 3.65. The summed E-state index contributed by atoms with van der Waals surface area (Å²) >= 11 is 0. The lowest BCUT2D eigenvalue weighted by Crippen LogP contribution is -2.24. The molecule has 2 heterocycles. The molecule has 1 aliphatic rings. The van der Waals surface area contributed by atoms with Crippen LogP contribution in [0.15, 0.2) is 89.5 Å². The summed E-state index contributed by atoms with van der Waals surface area (Å²) in [5, 5.41) is 4.20. The molecular formula is C24H22N4O2. The highest BCUT2D eigenvalue weighted by Crippen LogP contribution is 2.33. The van der Waals surface area contributed by atoms with Gasteiger partial charge in [0.05, 0.1) is 12.0 Å². The van der Waals surface area contributed by atoms with Crippen LogP contribution in [0.1, 0.15) is 29.0 Å². The first-order valence-corrected chi connectivity index (χ1v) is 10.0. The first kappa shape index (κ1) is 18.5. The van der Waals surface area contributed by atoms with Gasteiger partial charge < -0.3 is 9.26 Å². The lowest BCUT2D eigenvalue weighted by atomic mass is 9.95. The van der Waals surface area contributed by atoms with E-state index in [9.17, 15) is 0 Å². The van der Waals surface area contributed by atoms with Crippen LogP contribution in [0.25, 0.3) is 11.4 Å². The molecule has 1 fully saturated rings. The summed E-state index contributed by atoms with van der Waals surface area (Å²) in [5.41, 5.74) is 9.74. The molecule has 0 saturated carbocycles. The zero-order valence-electron chi connectivity index (χ0n) is 16.4. The third-order valence-electron chi connectivity index (χ3n) is 5.26. The van der Waals surface area contributed by atoms with Gasteiger partial charge in [-0.2, -0.15) is 4.98 Å².